The molecule has 35 heavy (non-hydrogen) atoms. The predicted octanol–water partition coefficient (Wildman–Crippen LogP) is 4.82. The first-order chi connectivity index (χ1) is 16.4. The van der Waals surface area contributed by atoms with Gasteiger partial charge in [0.05, 0.1) is 52.5 Å². The number of hydrogen-bond donors (Lipinski definition) is 2. The number of carbonyl (C=O) groups is 2. The van der Waals surface area contributed by atoms with E-state index in [0.29, 0.717) is 36.6 Å². The van der Waals surface area contributed by atoms with Crippen LogP contribution < -0.4 is 0 Å². The zero-order valence-corrected chi connectivity index (χ0v) is 23.0. The fourth-order valence-corrected chi connectivity index (χ4v) is 4.80. The Morgan fingerprint density at radius 1 is 1.31 bits per heavy atom. The first kappa shape index (κ1) is 29.6. The van der Waals surface area contributed by atoms with Crippen molar-refractivity contribution in [1.29, 1.82) is 0 Å². The van der Waals surface area contributed by atoms with Gasteiger partial charge < -0.3 is 19.7 Å². The molecule has 1 aromatic rings. The number of aromatic nitrogens is 1. The average molecular weight is 528 g/mol. The van der Waals surface area contributed by atoms with E-state index in [9.17, 15) is 19.8 Å². The second-order valence-corrected chi connectivity index (χ2v) is 11.2. The van der Waals surface area contributed by atoms with Gasteiger partial charge in [-0.1, -0.05) is 44.0 Å². The number of halogens is 1. The van der Waals surface area contributed by atoms with Crippen molar-refractivity contribution in [3.05, 3.63) is 32.8 Å². The summed E-state index contributed by atoms with van der Waals surface area (Å²) in [6.45, 7) is 10.9. The van der Waals surface area contributed by atoms with Crippen LogP contribution in [0.2, 0.25) is 0 Å². The van der Waals surface area contributed by atoms with Crippen LogP contribution in [-0.2, 0) is 19.1 Å². The minimum absolute atomic E-state index is 0.317. The highest BCUT2D eigenvalue weighted by atomic mass is 35.5. The molecule has 9 heteroatoms. The fraction of sp³-hybridized carbons (Fsp3) is 0.654. The van der Waals surface area contributed by atoms with Crippen molar-refractivity contribution < 1.29 is 29.3 Å². The lowest BCUT2D eigenvalue weighted by Gasteiger charge is -2.35. The molecule has 0 amide bonds. The topological polar surface area (TPSA) is 106 Å². The summed E-state index contributed by atoms with van der Waals surface area (Å²) in [6.07, 6.45) is 0.925. The van der Waals surface area contributed by atoms with Crippen molar-refractivity contribution in [2.45, 2.75) is 91.6 Å². The summed E-state index contributed by atoms with van der Waals surface area (Å²) in [5.74, 6) is -1.71. The molecule has 0 aromatic carbocycles. The molecule has 1 aromatic heterocycles. The van der Waals surface area contributed by atoms with Crippen LogP contribution in [0, 0.1) is 18.3 Å². The monoisotopic (exact) mass is 527 g/mol. The predicted molar refractivity (Wildman–Crippen MR) is 138 cm³/mol. The van der Waals surface area contributed by atoms with Crippen LogP contribution in [0.1, 0.15) is 71.0 Å². The molecule has 5 atom stereocenters. The SMILES string of the molecule is CC[C@H]1C(=O)C(C)(C)[C@@H](O)CC(=O)O[C@H](/C(Cl)=C/c2csc(C)n2)C/C=C(/C)CCO[C@H](C)[C@H]1O. The van der Waals surface area contributed by atoms with E-state index < -0.39 is 41.7 Å². The standard InChI is InChI=1S/C26H38ClNO6S/c1-7-19-24(31)16(3)33-11-10-15(2)8-9-21(20(27)12-18-14-35-17(4)28-18)34-23(30)13-22(29)26(5,6)25(19)32/h8,12,14,16,19,21-22,24,29,31H,7,9-11,13H2,1-6H3/b15-8-,20-12-/t16-,19-,21+,22+,24-/m1/s1. The molecule has 0 bridgehead atoms. The number of Topliss-reactive ketones (excluding diaryl/α,β-unsaturated/α-hetero) is 1. The minimum Gasteiger partial charge on any atom is -0.456 e. The van der Waals surface area contributed by atoms with Gasteiger partial charge in [0.25, 0.3) is 0 Å². The summed E-state index contributed by atoms with van der Waals surface area (Å²) < 4.78 is 11.5. The Balaban J connectivity index is 2.35. The minimum atomic E-state index is -1.30. The number of nitrogens with zero attached hydrogens (tertiary/aromatic N) is 1. The molecule has 0 aliphatic carbocycles. The largest absolute Gasteiger partial charge is 0.456 e. The Labute approximate surface area is 217 Å². The number of thiazole rings is 1. The second-order valence-electron chi connectivity index (χ2n) is 9.72. The van der Waals surface area contributed by atoms with Gasteiger partial charge in [0.2, 0.25) is 0 Å². The summed E-state index contributed by atoms with van der Waals surface area (Å²) in [6, 6.07) is 0. The first-order valence-corrected chi connectivity index (χ1v) is 13.3. The molecule has 0 unspecified atom stereocenters. The van der Waals surface area contributed by atoms with Gasteiger partial charge in [0.15, 0.2) is 0 Å². The lowest BCUT2D eigenvalue weighted by atomic mass is 9.73. The molecule has 1 aliphatic rings. The normalized spacial score (nSPS) is 31.5. The molecule has 0 saturated carbocycles. The summed E-state index contributed by atoms with van der Waals surface area (Å²) in [5.41, 5.74) is 0.416. The van der Waals surface area contributed by atoms with Gasteiger partial charge in [-0.3, -0.25) is 9.59 Å². The van der Waals surface area contributed by atoms with Gasteiger partial charge in [-0.05, 0) is 39.7 Å². The highest BCUT2D eigenvalue weighted by Crippen LogP contribution is 2.32. The van der Waals surface area contributed by atoms with E-state index in [1.807, 2.05) is 32.2 Å². The molecule has 0 saturated heterocycles. The van der Waals surface area contributed by atoms with E-state index in [4.69, 9.17) is 21.1 Å². The third-order valence-electron chi connectivity index (χ3n) is 6.56. The maximum absolute atomic E-state index is 13.3. The van der Waals surface area contributed by atoms with Crippen molar-refractivity contribution in [1.82, 2.24) is 4.98 Å². The van der Waals surface area contributed by atoms with Crippen molar-refractivity contribution in [3.8, 4) is 0 Å². The van der Waals surface area contributed by atoms with E-state index in [1.54, 1.807) is 26.8 Å². The van der Waals surface area contributed by atoms with Crippen LogP contribution in [-0.4, -0.2) is 58.0 Å². The van der Waals surface area contributed by atoms with E-state index in [1.165, 1.54) is 11.3 Å². The molecule has 0 spiro atoms. The van der Waals surface area contributed by atoms with Crippen molar-refractivity contribution >= 4 is 40.8 Å². The molecule has 7 nitrogen and oxygen atoms in total. The Hall–Kier alpha value is -1.58. The van der Waals surface area contributed by atoms with Crippen molar-refractivity contribution in [2.24, 2.45) is 11.3 Å². The van der Waals surface area contributed by atoms with Crippen LogP contribution >= 0.6 is 22.9 Å². The number of cyclic esters (lactones) is 1. The van der Waals surface area contributed by atoms with Crippen molar-refractivity contribution in [2.75, 3.05) is 6.61 Å². The number of aliphatic hydroxyl groups excluding tert-OH is 2. The molecular formula is C26H38ClNO6S. The van der Waals surface area contributed by atoms with Gasteiger partial charge >= 0.3 is 5.97 Å². The van der Waals surface area contributed by atoms with Gasteiger partial charge in [0, 0.05) is 17.7 Å². The summed E-state index contributed by atoms with van der Waals surface area (Å²) in [5, 5.41) is 24.7. The molecule has 196 valence electrons. The highest BCUT2D eigenvalue weighted by molar-refractivity contribution is 7.09. The fourth-order valence-electron chi connectivity index (χ4n) is 3.98. The third-order valence-corrected chi connectivity index (χ3v) is 7.70. The summed E-state index contributed by atoms with van der Waals surface area (Å²) in [4.78, 5) is 30.5. The molecule has 0 radical (unpaired) electrons. The van der Waals surface area contributed by atoms with E-state index >= 15 is 0 Å². The van der Waals surface area contributed by atoms with Crippen LogP contribution in [0.25, 0.3) is 6.08 Å². The average Bonchev–Trinajstić information content (AvgIpc) is 3.20. The van der Waals surface area contributed by atoms with E-state index in [2.05, 4.69) is 4.98 Å². The van der Waals surface area contributed by atoms with Crippen LogP contribution in [0.4, 0.5) is 0 Å². The highest BCUT2D eigenvalue weighted by Gasteiger charge is 2.43. The number of carbonyl (C=O) groups excluding carboxylic acids is 2. The van der Waals surface area contributed by atoms with Crippen LogP contribution in [0.5, 0.6) is 0 Å². The second kappa shape index (κ2) is 13.1. The van der Waals surface area contributed by atoms with Crippen molar-refractivity contribution in [3.63, 3.8) is 0 Å². The number of aryl methyl sites for hydroxylation is 1. The molecule has 2 N–H and O–H groups in total. The van der Waals surface area contributed by atoms with Gasteiger partial charge in [-0.15, -0.1) is 11.3 Å². The lowest BCUT2D eigenvalue weighted by Crippen LogP contribution is -2.47. The first-order valence-electron chi connectivity index (χ1n) is 12.0. The van der Waals surface area contributed by atoms with E-state index in [0.717, 1.165) is 10.6 Å². The Bertz CT molecular complexity index is 940. The molecular weight excluding hydrogens is 490 g/mol. The van der Waals surface area contributed by atoms with Gasteiger partial charge in [0.1, 0.15) is 11.9 Å². The lowest BCUT2D eigenvalue weighted by molar-refractivity contribution is -0.155. The maximum atomic E-state index is 13.3. The van der Waals surface area contributed by atoms with Crippen LogP contribution in [0.15, 0.2) is 22.1 Å². The summed E-state index contributed by atoms with van der Waals surface area (Å²) in [7, 11) is 0. The zero-order chi connectivity index (χ0) is 26.3. The van der Waals surface area contributed by atoms with Gasteiger partial charge in [-0.2, -0.15) is 0 Å². The molecule has 2 heterocycles. The molecule has 2 rings (SSSR count). The number of ether oxygens (including phenoxy) is 2. The number of rotatable bonds is 3. The smallest absolute Gasteiger partial charge is 0.309 e. The Morgan fingerprint density at radius 2 is 2.00 bits per heavy atom. The molecule has 1 aliphatic heterocycles. The maximum Gasteiger partial charge on any atom is 0.309 e. The Morgan fingerprint density at radius 3 is 2.60 bits per heavy atom. The number of hydrogen-bond acceptors (Lipinski definition) is 8. The molecule has 0 fully saturated rings. The number of esters is 1. The third kappa shape index (κ3) is 8.22. The zero-order valence-electron chi connectivity index (χ0n) is 21.4. The quantitative estimate of drug-likeness (QED) is 0.428. The van der Waals surface area contributed by atoms with Gasteiger partial charge in [-0.25, -0.2) is 4.98 Å². The summed E-state index contributed by atoms with van der Waals surface area (Å²) >= 11 is 8.05. The Kier molecular flexibility index (Phi) is 11.1. The number of ketones is 1. The number of aliphatic hydroxyl groups is 2. The van der Waals surface area contributed by atoms with Crippen LogP contribution in [0.3, 0.4) is 0 Å². The van der Waals surface area contributed by atoms with E-state index in [-0.39, 0.29) is 12.2 Å².